The average Bonchev–Trinajstić information content (AvgIpc) is 2.96. The fourth-order valence-electron chi connectivity index (χ4n) is 4.72. The van der Waals surface area contributed by atoms with Crippen molar-refractivity contribution in [2.45, 2.75) is 30.5 Å². The summed E-state index contributed by atoms with van der Waals surface area (Å²) >= 11 is 0. The molecular weight excluding hydrogens is 568 g/mol. The zero-order valence-corrected chi connectivity index (χ0v) is 22.1. The van der Waals surface area contributed by atoms with E-state index in [4.69, 9.17) is 13.9 Å². The van der Waals surface area contributed by atoms with Crippen LogP contribution in [-0.4, -0.2) is 77.8 Å². The van der Waals surface area contributed by atoms with E-state index in [-0.39, 0.29) is 45.1 Å². The molecule has 3 aromatic carbocycles. The lowest BCUT2D eigenvalue weighted by molar-refractivity contribution is -0.232. The Morgan fingerprint density at radius 3 is 2.35 bits per heavy atom. The summed E-state index contributed by atoms with van der Waals surface area (Å²) in [7, 11) is 0. The first-order valence-corrected chi connectivity index (χ1v) is 12.8. The van der Waals surface area contributed by atoms with Gasteiger partial charge in [0.2, 0.25) is 0 Å². The van der Waals surface area contributed by atoms with Crippen molar-refractivity contribution in [2.75, 3.05) is 6.61 Å². The highest BCUT2D eigenvalue weighted by Gasteiger charge is 2.44. The molecule has 0 amide bonds. The number of aliphatic hydroxyl groups is 4. The molecule has 4 aromatic rings. The number of hydrogen-bond acceptors (Lipinski definition) is 13. The van der Waals surface area contributed by atoms with Crippen LogP contribution in [0.15, 0.2) is 69.9 Å². The molecule has 13 nitrogen and oxygen atoms in total. The van der Waals surface area contributed by atoms with Crippen LogP contribution < -0.4 is 10.2 Å². The van der Waals surface area contributed by atoms with Crippen molar-refractivity contribution in [3.63, 3.8) is 0 Å². The van der Waals surface area contributed by atoms with Crippen LogP contribution in [0.4, 0.5) is 0 Å². The molecule has 0 bridgehead atoms. The van der Waals surface area contributed by atoms with Crippen molar-refractivity contribution in [1.29, 1.82) is 0 Å². The zero-order valence-electron chi connectivity index (χ0n) is 22.1. The van der Waals surface area contributed by atoms with Crippen LogP contribution in [0.2, 0.25) is 0 Å². The SMILES string of the molecule is O=C(/C=C/c1ccc(O)c([C@H]2O[C@@H](CO)[C@H](O)[C@@H](O)[C@@H]2O)c1)Oc1cc(-c2cc(=O)c3c(O)cc(O)cc3o2)ccc1O. The molecule has 43 heavy (non-hydrogen) atoms. The lowest BCUT2D eigenvalue weighted by Gasteiger charge is -2.40. The number of rotatable bonds is 6. The minimum Gasteiger partial charge on any atom is -0.508 e. The molecule has 5 atom stereocenters. The highest BCUT2D eigenvalue weighted by molar-refractivity contribution is 5.89. The highest BCUT2D eigenvalue weighted by Crippen LogP contribution is 2.38. The van der Waals surface area contributed by atoms with Crippen molar-refractivity contribution in [1.82, 2.24) is 0 Å². The quantitative estimate of drug-likeness (QED) is 0.0898. The van der Waals surface area contributed by atoms with Gasteiger partial charge in [0.1, 0.15) is 64.5 Å². The molecule has 0 saturated carbocycles. The molecule has 0 radical (unpaired) electrons. The van der Waals surface area contributed by atoms with E-state index in [0.717, 1.165) is 24.3 Å². The lowest BCUT2D eigenvalue weighted by Crippen LogP contribution is -2.55. The van der Waals surface area contributed by atoms with E-state index < -0.39 is 60.0 Å². The number of fused-ring (bicyclic) bond motifs is 1. The molecule has 1 saturated heterocycles. The summed E-state index contributed by atoms with van der Waals surface area (Å²) in [5.41, 5.74) is -0.0960. The van der Waals surface area contributed by atoms with E-state index in [1.165, 1.54) is 42.5 Å². The smallest absolute Gasteiger partial charge is 0.336 e. The second-order valence-electron chi connectivity index (χ2n) is 9.82. The topological polar surface area (TPSA) is 228 Å². The van der Waals surface area contributed by atoms with Crippen LogP contribution in [-0.2, 0) is 9.53 Å². The summed E-state index contributed by atoms with van der Waals surface area (Å²) in [6.45, 7) is -0.651. The normalized spacial score (nSPS) is 22.2. The first-order valence-electron chi connectivity index (χ1n) is 12.8. The van der Waals surface area contributed by atoms with Gasteiger partial charge >= 0.3 is 5.97 Å². The Morgan fingerprint density at radius 2 is 1.60 bits per heavy atom. The van der Waals surface area contributed by atoms with Crippen LogP contribution in [0.1, 0.15) is 17.2 Å². The van der Waals surface area contributed by atoms with Gasteiger partial charge in [0.15, 0.2) is 16.9 Å². The maximum atomic E-state index is 12.6. The van der Waals surface area contributed by atoms with Gasteiger partial charge in [-0.15, -0.1) is 0 Å². The van der Waals surface area contributed by atoms with Crippen molar-refractivity contribution in [2.24, 2.45) is 0 Å². The fraction of sp³-hybridized carbons (Fsp3) is 0.200. The summed E-state index contributed by atoms with van der Waals surface area (Å²) in [5.74, 6) is -2.70. The minimum absolute atomic E-state index is 0.000146. The van der Waals surface area contributed by atoms with E-state index in [1.807, 2.05) is 0 Å². The molecule has 1 aliphatic heterocycles. The van der Waals surface area contributed by atoms with Crippen molar-refractivity contribution in [3.05, 3.63) is 82.0 Å². The van der Waals surface area contributed by atoms with Crippen LogP contribution in [0.5, 0.6) is 28.7 Å². The lowest BCUT2D eigenvalue weighted by atomic mass is 9.90. The predicted octanol–water partition coefficient (Wildman–Crippen LogP) is 1.42. The van der Waals surface area contributed by atoms with Gasteiger partial charge in [0, 0.05) is 35.4 Å². The summed E-state index contributed by atoms with van der Waals surface area (Å²) in [6.07, 6.45) is -5.05. The van der Waals surface area contributed by atoms with Gasteiger partial charge in [-0.1, -0.05) is 6.07 Å². The molecule has 2 heterocycles. The van der Waals surface area contributed by atoms with Gasteiger partial charge < -0.3 is 54.7 Å². The molecule has 0 unspecified atom stereocenters. The first kappa shape index (κ1) is 29.6. The van der Waals surface area contributed by atoms with E-state index in [1.54, 1.807) is 0 Å². The monoisotopic (exact) mass is 594 g/mol. The second-order valence-corrected chi connectivity index (χ2v) is 9.82. The molecule has 5 rings (SSSR count). The largest absolute Gasteiger partial charge is 0.508 e. The molecule has 1 aromatic heterocycles. The standard InChI is InChI=1S/C30H26O13/c31-12-24-27(38)28(39)29(40)30(43-24)16-7-13(1-4-17(16)33)2-6-25(37)42-22-8-14(3-5-18(22)34)21-11-20(36)26-19(35)9-15(32)10-23(26)41-21/h1-11,24,27-35,38-40H,12H2/b6-2+/t24-,27-,28+,29-,30+/m0/s1. The number of carbonyl (C=O) groups is 1. The van der Waals surface area contributed by atoms with Gasteiger partial charge in [-0.05, 0) is 42.0 Å². The van der Waals surface area contributed by atoms with Crippen molar-refractivity contribution < 1.29 is 59.5 Å². The Morgan fingerprint density at radius 1 is 0.860 bits per heavy atom. The summed E-state index contributed by atoms with van der Waals surface area (Å²) in [6, 6.07) is 11.1. The fourth-order valence-corrected chi connectivity index (χ4v) is 4.72. The van der Waals surface area contributed by atoms with Gasteiger partial charge in [-0.25, -0.2) is 4.79 Å². The Labute approximate surface area is 242 Å². The Balaban J connectivity index is 1.36. The first-order chi connectivity index (χ1) is 20.5. The summed E-state index contributed by atoms with van der Waals surface area (Å²) < 4.78 is 16.4. The van der Waals surface area contributed by atoms with Crippen molar-refractivity contribution >= 4 is 23.0 Å². The maximum absolute atomic E-state index is 12.6. The van der Waals surface area contributed by atoms with Gasteiger partial charge in [0.25, 0.3) is 0 Å². The second kappa shape index (κ2) is 11.8. The van der Waals surface area contributed by atoms with Crippen molar-refractivity contribution in [3.8, 4) is 40.1 Å². The number of aliphatic hydroxyl groups excluding tert-OH is 4. The molecule has 0 spiro atoms. The number of hydrogen-bond donors (Lipinski definition) is 8. The third-order valence-corrected chi connectivity index (χ3v) is 6.91. The van der Waals surface area contributed by atoms with E-state index in [0.29, 0.717) is 5.56 Å². The minimum atomic E-state index is -1.66. The van der Waals surface area contributed by atoms with E-state index >= 15 is 0 Å². The van der Waals surface area contributed by atoms with Crippen LogP contribution in [0.3, 0.4) is 0 Å². The zero-order chi connectivity index (χ0) is 31.0. The van der Waals surface area contributed by atoms with Crippen LogP contribution in [0, 0.1) is 0 Å². The number of esters is 1. The third kappa shape index (κ3) is 5.88. The van der Waals surface area contributed by atoms with Crippen LogP contribution in [0.25, 0.3) is 28.4 Å². The number of aromatic hydroxyl groups is 4. The molecule has 0 aliphatic carbocycles. The molecule has 13 heteroatoms. The van der Waals surface area contributed by atoms with Gasteiger partial charge in [-0.3, -0.25) is 4.79 Å². The molecule has 8 N–H and O–H groups in total. The third-order valence-electron chi connectivity index (χ3n) is 6.91. The Kier molecular flexibility index (Phi) is 8.08. The maximum Gasteiger partial charge on any atom is 0.336 e. The highest BCUT2D eigenvalue weighted by atomic mass is 16.5. The number of benzene rings is 3. The summed E-state index contributed by atoms with van der Waals surface area (Å²) in [5, 5.41) is 80.1. The average molecular weight is 595 g/mol. The number of phenolic OH excluding ortho intramolecular Hbond substituents is 4. The summed E-state index contributed by atoms with van der Waals surface area (Å²) in [4.78, 5) is 25.2. The van der Waals surface area contributed by atoms with Crippen LogP contribution >= 0.6 is 0 Å². The molecule has 1 aliphatic rings. The Bertz CT molecular complexity index is 1770. The Hall–Kier alpha value is -4.92. The number of ether oxygens (including phenoxy) is 2. The number of phenols is 4. The molecular formula is C30H26O13. The van der Waals surface area contributed by atoms with Gasteiger partial charge in [-0.2, -0.15) is 0 Å². The predicted molar refractivity (Wildman–Crippen MR) is 148 cm³/mol. The molecule has 224 valence electrons. The van der Waals surface area contributed by atoms with Gasteiger partial charge in [0.05, 0.1) is 6.61 Å². The van der Waals surface area contributed by atoms with E-state index in [2.05, 4.69) is 0 Å². The molecule has 1 fully saturated rings. The van der Waals surface area contributed by atoms with E-state index in [9.17, 15) is 50.4 Å². The number of carbonyl (C=O) groups excluding carboxylic acids is 1.